The van der Waals surface area contributed by atoms with Crippen LogP contribution in [0.2, 0.25) is 0 Å². The van der Waals surface area contributed by atoms with E-state index >= 15 is 0 Å². The van der Waals surface area contributed by atoms with Crippen molar-refractivity contribution in [1.29, 1.82) is 0 Å². The first-order chi connectivity index (χ1) is 7.24. The molecule has 0 radical (unpaired) electrons. The van der Waals surface area contributed by atoms with Gasteiger partial charge in [-0.05, 0) is 19.7 Å². The molecule has 0 aliphatic carbocycles. The zero-order valence-electron chi connectivity index (χ0n) is 11.1. The quantitative estimate of drug-likeness (QED) is 0.527. The van der Waals surface area contributed by atoms with E-state index in [-0.39, 0.29) is 5.70 Å². The Morgan fingerprint density at radius 3 is 3.64 bits per heavy atom. The minimum absolute atomic E-state index is 0.00451. The first-order valence-corrected chi connectivity index (χ1v) is 3.78. The molecule has 0 spiro atoms. The van der Waals surface area contributed by atoms with Crippen molar-refractivity contribution in [2.45, 2.75) is 32.1 Å². The maximum atomic E-state index is 11.6. The molecule has 2 rings (SSSR count). The van der Waals surface area contributed by atoms with Crippen molar-refractivity contribution in [1.82, 2.24) is 4.90 Å². The first-order valence-electron chi connectivity index (χ1n) is 6.28. The van der Waals surface area contributed by atoms with Crippen LogP contribution in [-0.2, 0) is 4.79 Å². The van der Waals surface area contributed by atoms with Crippen LogP contribution in [0.5, 0.6) is 0 Å². The standard InChI is InChI=1S/C9H13NO/c1-7-5-9(11)6-8-3-2-4-10(7)8/h5,8H,2-4,6H2,1H3/i1D3,6D2. The van der Waals surface area contributed by atoms with Gasteiger partial charge in [-0.2, -0.15) is 0 Å². The second-order valence-corrected chi connectivity index (χ2v) is 2.89. The molecule has 1 saturated heterocycles. The fourth-order valence-electron chi connectivity index (χ4n) is 1.62. The maximum Gasteiger partial charge on any atom is 0.159 e. The van der Waals surface area contributed by atoms with Crippen LogP contribution in [0.1, 0.15) is 32.9 Å². The predicted molar refractivity (Wildman–Crippen MR) is 43.1 cm³/mol. The van der Waals surface area contributed by atoms with Crippen molar-refractivity contribution in [2.24, 2.45) is 0 Å². The van der Waals surface area contributed by atoms with Crippen molar-refractivity contribution in [3.05, 3.63) is 11.8 Å². The number of carbonyl (C=O) groups excluding carboxylic acids is 1. The molecule has 0 amide bonds. The summed E-state index contributed by atoms with van der Waals surface area (Å²) >= 11 is 0. The second kappa shape index (κ2) is 2.36. The number of ketones is 1. The van der Waals surface area contributed by atoms with E-state index in [0.717, 1.165) is 12.5 Å². The summed E-state index contributed by atoms with van der Waals surface area (Å²) in [6.45, 7) is -1.82. The number of rotatable bonds is 0. The summed E-state index contributed by atoms with van der Waals surface area (Å²) in [5.74, 6) is -0.721. The Labute approximate surface area is 73.9 Å². The third-order valence-corrected chi connectivity index (χ3v) is 2.14. The van der Waals surface area contributed by atoms with Crippen LogP contribution in [-0.4, -0.2) is 23.3 Å². The summed E-state index contributed by atoms with van der Waals surface area (Å²) in [5.41, 5.74) is -0.00451. The Hall–Kier alpha value is -0.790. The van der Waals surface area contributed by atoms with Gasteiger partial charge in [0.05, 0.1) is 0 Å². The molecular formula is C9H13NO. The van der Waals surface area contributed by atoms with E-state index in [1.807, 2.05) is 0 Å². The molecule has 2 nitrogen and oxygen atoms in total. The normalized spacial score (nSPS) is 42.7. The lowest BCUT2D eigenvalue weighted by molar-refractivity contribution is -0.116. The monoisotopic (exact) mass is 156 g/mol. The van der Waals surface area contributed by atoms with E-state index in [4.69, 9.17) is 6.85 Å². The van der Waals surface area contributed by atoms with Gasteiger partial charge in [0.2, 0.25) is 0 Å². The van der Waals surface area contributed by atoms with E-state index < -0.39 is 25.0 Å². The minimum Gasteiger partial charge on any atom is -0.372 e. The average molecular weight is 156 g/mol. The maximum absolute atomic E-state index is 11.6. The fourth-order valence-corrected chi connectivity index (χ4v) is 1.62. The molecule has 2 aliphatic rings. The van der Waals surface area contributed by atoms with Crippen molar-refractivity contribution < 1.29 is 11.6 Å². The van der Waals surface area contributed by atoms with Gasteiger partial charge in [0.25, 0.3) is 0 Å². The van der Waals surface area contributed by atoms with Crippen LogP contribution in [0.25, 0.3) is 0 Å². The van der Waals surface area contributed by atoms with E-state index in [1.54, 1.807) is 0 Å². The molecule has 60 valence electrons. The van der Waals surface area contributed by atoms with E-state index in [1.165, 1.54) is 4.90 Å². The topological polar surface area (TPSA) is 20.3 Å². The number of fused-ring (bicyclic) bond motifs is 1. The molecule has 0 aromatic carbocycles. The smallest absolute Gasteiger partial charge is 0.159 e. The predicted octanol–water partition coefficient (Wildman–Crippen LogP) is 1.33. The van der Waals surface area contributed by atoms with Crippen LogP contribution in [0.4, 0.5) is 0 Å². The van der Waals surface area contributed by atoms with Gasteiger partial charge in [-0.3, -0.25) is 4.79 Å². The largest absolute Gasteiger partial charge is 0.372 e. The molecule has 0 saturated carbocycles. The van der Waals surface area contributed by atoms with Gasteiger partial charge >= 0.3 is 0 Å². The minimum atomic E-state index is -2.34. The number of hydrogen-bond donors (Lipinski definition) is 0. The molecular weight excluding hydrogens is 138 g/mol. The lowest BCUT2D eigenvalue weighted by Gasteiger charge is -2.30. The lowest BCUT2D eigenvalue weighted by atomic mass is 10.0. The molecule has 0 bridgehead atoms. The summed E-state index contributed by atoms with van der Waals surface area (Å²) in [4.78, 5) is 13.1. The Kier molecular flexibility index (Phi) is 0.708. The molecule has 2 heterocycles. The lowest BCUT2D eigenvalue weighted by Crippen LogP contribution is -2.33. The Balaban J connectivity index is 2.45. The van der Waals surface area contributed by atoms with Crippen LogP contribution in [0.15, 0.2) is 11.8 Å². The number of hydrogen-bond acceptors (Lipinski definition) is 2. The van der Waals surface area contributed by atoms with E-state index in [0.29, 0.717) is 13.0 Å². The summed E-state index contributed by atoms with van der Waals surface area (Å²) in [6.07, 6.45) is 0.261. The number of allylic oxidation sites excluding steroid dienone is 2. The zero-order valence-corrected chi connectivity index (χ0v) is 6.13. The van der Waals surface area contributed by atoms with Crippen LogP contribution >= 0.6 is 0 Å². The Bertz CT molecular complexity index is 359. The fraction of sp³-hybridized carbons (Fsp3) is 0.667. The number of nitrogens with zero attached hydrogens (tertiary/aromatic N) is 1. The molecule has 1 fully saturated rings. The summed E-state index contributed by atoms with van der Waals surface area (Å²) in [6, 6.07) is -0.611. The van der Waals surface area contributed by atoms with Crippen LogP contribution < -0.4 is 0 Å². The van der Waals surface area contributed by atoms with Gasteiger partial charge in [0.1, 0.15) is 0 Å². The van der Waals surface area contributed by atoms with Crippen LogP contribution in [0, 0.1) is 0 Å². The van der Waals surface area contributed by atoms with Crippen molar-refractivity contribution in [3.63, 3.8) is 0 Å². The third-order valence-electron chi connectivity index (χ3n) is 2.14. The zero-order chi connectivity index (χ0) is 12.1. The first kappa shape index (κ1) is 3.30. The van der Waals surface area contributed by atoms with E-state index in [2.05, 4.69) is 0 Å². The molecule has 0 N–H and O–H groups in total. The molecule has 2 heteroatoms. The van der Waals surface area contributed by atoms with Gasteiger partial charge in [-0.25, -0.2) is 0 Å². The van der Waals surface area contributed by atoms with Gasteiger partial charge < -0.3 is 4.90 Å². The van der Waals surface area contributed by atoms with Gasteiger partial charge in [0, 0.05) is 37.6 Å². The van der Waals surface area contributed by atoms with Crippen LogP contribution in [0.3, 0.4) is 0 Å². The average Bonchev–Trinajstić information content (AvgIpc) is 2.58. The molecule has 0 aromatic heterocycles. The molecule has 1 unspecified atom stereocenters. The molecule has 0 aromatic rings. The molecule has 2 aliphatic heterocycles. The van der Waals surface area contributed by atoms with Crippen molar-refractivity contribution >= 4 is 5.78 Å². The highest BCUT2D eigenvalue weighted by molar-refractivity contribution is 5.91. The van der Waals surface area contributed by atoms with Crippen molar-refractivity contribution in [2.75, 3.05) is 6.54 Å². The van der Waals surface area contributed by atoms with Gasteiger partial charge in [-0.15, -0.1) is 0 Å². The van der Waals surface area contributed by atoms with Gasteiger partial charge in [0.15, 0.2) is 5.78 Å². The SMILES string of the molecule is [2H]C([2H])([2H])C1=CC(=O)C([2H])([2H])C2CCCN12. The third kappa shape index (κ3) is 1.06. The molecule has 11 heavy (non-hydrogen) atoms. The Morgan fingerprint density at radius 1 is 1.91 bits per heavy atom. The molecule has 1 atom stereocenters. The summed E-state index contributed by atoms with van der Waals surface area (Å²) in [7, 11) is 0. The highest BCUT2D eigenvalue weighted by Gasteiger charge is 2.29. The summed E-state index contributed by atoms with van der Waals surface area (Å²) in [5, 5.41) is 0. The van der Waals surface area contributed by atoms with Gasteiger partial charge in [-0.1, -0.05) is 0 Å². The van der Waals surface area contributed by atoms with Crippen molar-refractivity contribution in [3.8, 4) is 0 Å². The summed E-state index contributed by atoms with van der Waals surface area (Å²) < 4.78 is 37.4. The van der Waals surface area contributed by atoms with E-state index in [9.17, 15) is 4.79 Å². The highest BCUT2D eigenvalue weighted by atomic mass is 16.1. The highest BCUT2D eigenvalue weighted by Crippen LogP contribution is 2.27. The second-order valence-electron chi connectivity index (χ2n) is 2.89. The Morgan fingerprint density at radius 2 is 2.82 bits per heavy atom. The number of carbonyl (C=O) groups is 1.